The van der Waals surface area contributed by atoms with Gasteiger partial charge in [0.05, 0.1) is 5.69 Å². The number of aromatic amines is 1. The molecule has 5 rings (SSSR count). The van der Waals surface area contributed by atoms with Crippen LogP contribution >= 0.6 is 0 Å². The molecule has 3 aromatic rings. The highest BCUT2D eigenvalue weighted by Gasteiger charge is 2.39. The Morgan fingerprint density at radius 3 is 2.73 bits per heavy atom. The van der Waals surface area contributed by atoms with E-state index >= 15 is 0 Å². The molecule has 3 nitrogen and oxygen atoms in total. The Balaban J connectivity index is 1.67. The summed E-state index contributed by atoms with van der Waals surface area (Å²) in [5.74, 6) is 0.501. The molecule has 1 N–H and O–H groups in total. The summed E-state index contributed by atoms with van der Waals surface area (Å²) in [6.07, 6.45) is 4.44. The molecule has 2 heterocycles. The fourth-order valence-corrected chi connectivity index (χ4v) is 3.92. The number of para-hydroxylation sites is 2. The van der Waals surface area contributed by atoms with Gasteiger partial charge in [-0.15, -0.1) is 0 Å². The predicted molar refractivity (Wildman–Crippen MR) is 90.3 cm³/mol. The van der Waals surface area contributed by atoms with E-state index in [1.165, 1.54) is 28.6 Å². The normalized spacial score (nSPS) is 22.8. The Hall–Kier alpha value is -2.55. The van der Waals surface area contributed by atoms with Gasteiger partial charge in [0, 0.05) is 28.7 Å². The number of H-pyrrole nitrogens is 1. The van der Waals surface area contributed by atoms with Crippen molar-refractivity contribution in [3.63, 3.8) is 0 Å². The van der Waals surface area contributed by atoms with Gasteiger partial charge in [0.25, 0.3) is 0 Å². The average molecular weight is 287 g/mol. The highest BCUT2D eigenvalue weighted by Crippen LogP contribution is 2.45. The van der Waals surface area contributed by atoms with E-state index in [0.29, 0.717) is 12.0 Å². The number of anilines is 1. The molecule has 2 aromatic carbocycles. The van der Waals surface area contributed by atoms with E-state index in [2.05, 4.69) is 70.8 Å². The summed E-state index contributed by atoms with van der Waals surface area (Å²) in [4.78, 5) is 3.67. The van der Waals surface area contributed by atoms with Gasteiger partial charge >= 0.3 is 0 Å². The topological polar surface area (TPSA) is 31.4 Å². The molecule has 0 radical (unpaired) electrons. The van der Waals surface area contributed by atoms with Crippen molar-refractivity contribution >= 4 is 22.8 Å². The molecule has 2 aliphatic rings. The number of benzene rings is 2. The van der Waals surface area contributed by atoms with Crippen LogP contribution in [0.4, 0.5) is 5.69 Å². The molecule has 1 aliphatic carbocycles. The third-order valence-electron chi connectivity index (χ3n) is 4.94. The quantitative estimate of drug-likeness (QED) is 0.711. The van der Waals surface area contributed by atoms with Gasteiger partial charge in [-0.3, -0.25) is 5.01 Å². The highest BCUT2D eigenvalue weighted by atomic mass is 15.5. The first kappa shape index (κ1) is 12.0. The van der Waals surface area contributed by atoms with Gasteiger partial charge < -0.3 is 4.98 Å². The summed E-state index contributed by atoms with van der Waals surface area (Å²) < 4.78 is 0. The number of nitrogens with one attached hydrogen (secondary N) is 1. The first-order valence-electron chi connectivity index (χ1n) is 7.90. The summed E-state index contributed by atoms with van der Waals surface area (Å²) in [5, 5.41) is 8.26. The zero-order valence-electron chi connectivity index (χ0n) is 12.2. The molecule has 1 aliphatic heterocycles. The summed E-state index contributed by atoms with van der Waals surface area (Å²) in [7, 11) is 0. The largest absolute Gasteiger partial charge is 0.356 e. The zero-order valence-corrected chi connectivity index (χ0v) is 12.2. The van der Waals surface area contributed by atoms with E-state index in [9.17, 15) is 0 Å². The van der Waals surface area contributed by atoms with E-state index in [4.69, 9.17) is 5.10 Å². The van der Waals surface area contributed by atoms with E-state index in [0.717, 1.165) is 12.1 Å². The van der Waals surface area contributed by atoms with Crippen LogP contribution < -0.4 is 5.01 Å². The highest BCUT2D eigenvalue weighted by molar-refractivity contribution is 5.86. The molecule has 0 bridgehead atoms. The van der Waals surface area contributed by atoms with Crippen molar-refractivity contribution in [2.45, 2.75) is 18.9 Å². The van der Waals surface area contributed by atoms with Crippen LogP contribution in [0.5, 0.6) is 0 Å². The van der Waals surface area contributed by atoms with Crippen molar-refractivity contribution in [1.29, 1.82) is 0 Å². The summed E-state index contributed by atoms with van der Waals surface area (Å²) >= 11 is 0. The molecule has 0 saturated carbocycles. The van der Waals surface area contributed by atoms with Crippen molar-refractivity contribution in [3.05, 3.63) is 65.9 Å². The molecule has 0 fully saturated rings. The zero-order chi connectivity index (χ0) is 14.5. The predicted octanol–water partition coefficient (Wildman–Crippen LogP) is 4.28. The minimum Gasteiger partial charge on any atom is -0.356 e. The number of fused-ring (bicyclic) bond motifs is 5. The second-order valence-corrected chi connectivity index (χ2v) is 6.15. The lowest BCUT2D eigenvalue weighted by Gasteiger charge is -2.31. The van der Waals surface area contributed by atoms with Gasteiger partial charge in [-0.25, -0.2) is 0 Å². The van der Waals surface area contributed by atoms with Crippen molar-refractivity contribution < 1.29 is 0 Å². The second kappa shape index (κ2) is 4.47. The van der Waals surface area contributed by atoms with E-state index in [1.807, 2.05) is 0 Å². The van der Waals surface area contributed by atoms with Gasteiger partial charge in [-0.1, -0.05) is 36.4 Å². The Bertz CT molecular complexity index is 863. The van der Waals surface area contributed by atoms with Crippen LogP contribution in [0.3, 0.4) is 0 Å². The maximum Gasteiger partial charge on any atom is 0.100 e. The molecule has 0 unspecified atom stereocenters. The smallest absolute Gasteiger partial charge is 0.100 e. The fourth-order valence-electron chi connectivity index (χ4n) is 3.92. The van der Waals surface area contributed by atoms with Crippen LogP contribution in [0.15, 0.2) is 59.7 Å². The van der Waals surface area contributed by atoms with Crippen LogP contribution in [0.25, 0.3) is 10.9 Å². The first-order chi connectivity index (χ1) is 10.9. The summed E-state index contributed by atoms with van der Waals surface area (Å²) in [6.45, 7) is 0. The van der Waals surface area contributed by atoms with Crippen LogP contribution in [0.2, 0.25) is 0 Å². The van der Waals surface area contributed by atoms with Crippen LogP contribution in [0, 0.1) is 5.92 Å². The molecule has 3 heteroatoms. The molecule has 1 aromatic heterocycles. The number of hydrogen-bond acceptors (Lipinski definition) is 2. The Morgan fingerprint density at radius 2 is 1.82 bits per heavy atom. The third kappa shape index (κ3) is 1.59. The van der Waals surface area contributed by atoms with Gasteiger partial charge in [-0.2, -0.15) is 5.10 Å². The number of rotatable bonds is 1. The second-order valence-electron chi connectivity index (χ2n) is 6.15. The number of nitrogens with zero attached hydrogens (tertiary/aromatic N) is 2. The molecular formula is C19H17N3. The van der Waals surface area contributed by atoms with Gasteiger partial charge in [0.2, 0.25) is 0 Å². The number of hydrogen-bond donors (Lipinski definition) is 1. The minimum atomic E-state index is 0.304. The number of aryl methyl sites for hydroxylation is 1. The SMILES string of the molecule is C1=NN(c2ccccc2)[C@H]2c3[nH]c4ccccc4c3CC[C@@H]12. The number of aromatic nitrogens is 1. The van der Waals surface area contributed by atoms with Gasteiger partial charge in [-0.05, 0) is 36.6 Å². The standard InChI is InChI=1S/C19H17N3/c1-2-6-14(7-3-1)22-19-13(12-20-22)10-11-16-15-8-4-5-9-17(15)21-18(16)19/h1-9,12-13,19,21H,10-11H2/t13-,19+/m0/s1. The van der Waals surface area contributed by atoms with E-state index in [-0.39, 0.29) is 0 Å². The van der Waals surface area contributed by atoms with Gasteiger partial charge in [0.1, 0.15) is 6.04 Å². The summed E-state index contributed by atoms with van der Waals surface area (Å²) in [6, 6.07) is 19.4. The molecule has 0 spiro atoms. The minimum absolute atomic E-state index is 0.304. The average Bonchev–Trinajstić information content (AvgIpc) is 3.16. The Labute approximate surface area is 129 Å². The van der Waals surface area contributed by atoms with Crippen molar-refractivity contribution in [2.24, 2.45) is 11.0 Å². The van der Waals surface area contributed by atoms with Crippen molar-refractivity contribution in [3.8, 4) is 0 Å². The molecule has 0 amide bonds. The lowest BCUT2D eigenvalue weighted by molar-refractivity contribution is 0.482. The summed E-state index contributed by atoms with van der Waals surface area (Å²) in [5.41, 5.74) is 5.23. The Kier molecular flexibility index (Phi) is 2.45. The lowest BCUT2D eigenvalue weighted by atomic mass is 9.83. The monoisotopic (exact) mass is 287 g/mol. The van der Waals surface area contributed by atoms with Crippen molar-refractivity contribution in [2.75, 3.05) is 5.01 Å². The molecule has 0 saturated heterocycles. The van der Waals surface area contributed by atoms with E-state index in [1.54, 1.807) is 0 Å². The molecule has 108 valence electrons. The van der Waals surface area contributed by atoms with E-state index < -0.39 is 0 Å². The van der Waals surface area contributed by atoms with Crippen LogP contribution in [-0.2, 0) is 6.42 Å². The maximum atomic E-state index is 4.71. The van der Waals surface area contributed by atoms with Gasteiger partial charge in [0.15, 0.2) is 0 Å². The lowest BCUT2D eigenvalue weighted by Crippen LogP contribution is -2.28. The molecular weight excluding hydrogens is 270 g/mol. The third-order valence-corrected chi connectivity index (χ3v) is 4.94. The fraction of sp³-hybridized carbons (Fsp3) is 0.211. The maximum absolute atomic E-state index is 4.71. The van der Waals surface area contributed by atoms with Crippen molar-refractivity contribution in [1.82, 2.24) is 4.98 Å². The van der Waals surface area contributed by atoms with Crippen LogP contribution in [-0.4, -0.2) is 11.2 Å². The van der Waals surface area contributed by atoms with Crippen LogP contribution in [0.1, 0.15) is 23.7 Å². The Morgan fingerprint density at radius 1 is 1.00 bits per heavy atom. The molecule has 22 heavy (non-hydrogen) atoms. The molecule has 2 atom stereocenters. The first-order valence-corrected chi connectivity index (χ1v) is 7.90. The number of hydrazone groups is 1.